The first kappa shape index (κ1) is 10.3. The van der Waals surface area contributed by atoms with Gasteiger partial charge < -0.3 is 10.3 Å². The molecule has 2 aromatic rings. The summed E-state index contributed by atoms with van der Waals surface area (Å²) in [5.74, 6) is 0.908. The van der Waals surface area contributed by atoms with Crippen molar-refractivity contribution in [3.63, 3.8) is 0 Å². The number of nitrogens with zero attached hydrogens (tertiary/aromatic N) is 2. The number of imidazole rings is 1. The molecule has 0 fully saturated rings. The van der Waals surface area contributed by atoms with Crippen molar-refractivity contribution in [1.82, 2.24) is 20.3 Å². The molecule has 2 heterocycles. The van der Waals surface area contributed by atoms with Crippen molar-refractivity contribution in [1.29, 1.82) is 0 Å². The Hall–Kier alpha value is -1.20. The standard InChI is InChI=1S/C10H14N4S/c1-2-3-11-4-8-5-13-10(14-8)9-6-12-7-15-9/h5-7,11H,2-4H2,1H3,(H,13,14). The van der Waals surface area contributed by atoms with E-state index in [0.29, 0.717) is 0 Å². The molecule has 15 heavy (non-hydrogen) atoms. The molecule has 2 N–H and O–H groups in total. The van der Waals surface area contributed by atoms with E-state index in [-0.39, 0.29) is 0 Å². The zero-order chi connectivity index (χ0) is 10.5. The fraction of sp³-hybridized carbons (Fsp3) is 0.400. The first-order chi connectivity index (χ1) is 7.40. The first-order valence-electron chi connectivity index (χ1n) is 5.03. The van der Waals surface area contributed by atoms with Crippen molar-refractivity contribution in [2.45, 2.75) is 19.9 Å². The molecule has 4 nitrogen and oxygen atoms in total. The third kappa shape index (κ3) is 2.64. The molecule has 0 aliphatic heterocycles. The number of aromatic nitrogens is 3. The number of hydrogen-bond acceptors (Lipinski definition) is 4. The van der Waals surface area contributed by atoms with Gasteiger partial charge in [-0.3, -0.25) is 4.98 Å². The van der Waals surface area contributed by atoms with Gasteiger partial charge in [-0.05, 0) is 13.0 Å². The summed E-state index contributed by atoms with van der Waals surface area (Å²) in [6, 6.07) is 0. The van der Waals surface area contributed by atoms with Crippen molar-refractivity contribution in [2.24, 2.45) is 0 Å². The second-order valence-corrected chi connectivity index (χ2v) is 4.19. The number of aromatic amines is 1. The fourth-order valence-electron chi connectivity index (χ4n) is 1.31. The van der Waals surface area contributed by atoms with Crippen LogP contribution < -0.4 is 5.32 Å². The van der Waals surface area contributed by atoms with Gasteiger partial charge in [0.15, 0.2) is 0 Å². The van der Waals surface area contributed by atoms with Gasteiger partial charge in [0, 0.05) is 24.6 Å². The second-order valence-electron chi connectivity index (χ2n) is 3.30. The quantitative estimate of drug-likeness (QED) is 0.761. The van der Waals surface area contributed by atoms with Gasteiger partial charge in [0.05, 0.1) is 10.4 Å². The SMILES string of the molecule is CCCNCc1cnc(-c2cncs2)[nH]1. The van der Waals surface area contributed by atoms with Gasteiger partial charge in [-0.1, -0.05) is 6.92 Å². The van der Waals surface area contributed by atoms with Crippen LogP contribution in [0.25, 0.3) is 10.7 Å². The lowest BCUT2D eigenvalue weighted by Crippen LogP contribution is -2.13. The molecule has 0 aliphatic carbocycles. The second kappa shape index (κ2) is 5.04. The molecule has 0 aromatic carbocycles. The van der Waals surface area contributed by atoms with Crippen LogP contribution in [-0.2, 0) is 6.54 Å². The third-order valence-corrected chi connectivity index (χ3v) is 2.82. The van der Waals surface area contributed by atoms with E-state index >= 15 is 0 Å². The first-order valence-corrected chi connectivity index (χ1v) is 5.91. The Labute approximate surface area is 92.8 Å². The minimum absolute atomic E-state index is 0.847. The van der Waals surface area contributed by atoms with E-state index in [9.17, 15) is 0 Å². The molecule has 80 valence electrons. The molecule has 0 saturated heterocycles. The molecule has 0 amide bonds. The number of hydrogen-bond donors (Lipinski definition) is 2. The van der Waals surface area contributed by atoms with E-state index < -0.39 is 0 Å². The minimum Gasteiger partial charge on any atom is -0.340 e. The number of H-pyrrole nitrogens is 1. The van der Waals surface area contributed by atoms with Crippen LogP contribution in [0.2, 0.25) is 0 Å². The topological polar surface area (TPSA) is 53.6 Å². The van der Waals surface area contributed by atoms with Crippen molar-refractivity contribution >= 4 is 11.3 Å². The Balaban J connectivity index is 1.98. The van der Waals surface area contributed by atoms with Gasteiger partial charge in [0.1, 0.15) is 5.82 Å². The van der Waals surface area contributed by atoms with Crippen LogP contribution in [0.1, 0.15) is 19.0 Å². The largest absolute Gasteiger partial charge is 0.340 e. The van der Waals surface area contributed by atoms with Gasteiger partial charge in [-0.15, -0.1) is 11.3 Å². The molecule has 0 bridgehead atoms. The number of rotatable bonds is 5. The van der Waals surface area contributed by atoms with Crippen LogP contribution in [0.3, 0.4) is 0 Å². The van der Waals surface area contributed by atoms with Gasteiger partial charge >= 0.3 is 0 Å². The molecule has 5 heteroatoms. The van der Waals surface area contributed by atoms with E-state index in [4.69, 9.17) is 0 Å². The molecule has 0 spiro atoms. The average molecular weight is 222 g/mol. The summed E-state index contributed by atoms with van der Waals surface area (Å²) >= 11 is 1.59. The van der Waals surface area contributed by atoms with E-state index in [1.165, 1.54) is 0 Å². The lowest BCUT2D eigenvalue weighted by atomic mass is 10.4. The molecule has 2 aromatic heterocycles. The molecule has 2 rings (SSSR count). The maximum atomic E-state index is 4.31. The normalized spacial score (nSPS) is 10.7. The Morgan fingerprint density at radius 3 is 3.13 bits per heavy atom. The third-order valence-electron chi connectivity index (χ3n) is 2.04. The lowest BCUT2D eigenvalue weighted by Gasteiger charge is -1.98. The van der Waals surface area contributed by atoms with Gasteiger partial charge in [-0.2, -0.15) is 0 Å². The highest BCUT2D eigenvalue weighted by molar-refractivity contribution is 7.13. The van der Waals surface area contributed by atoms with Gasteiger partial charge in [0.25, 0.3) is 0 Å². The van der Waals surface area contributed by atoms with E-state index in [1.807, 2.05) is 17.9 Å². The highest BCUT2D eigenvalue weighted by Gasteiger charge is 2.03. The van der Waals surface area contributed by atoms with Crippen LogP contribution in [-0.4, -0.2) is 21.5 Å². The zero-order valence-corrected chi connectivity index (χ0v) is 9.47. The number of nitrogens with one attached hydrogen (secondary N) is 2. The Kier molecular flexibility index (Phi) is 3.47. The Bertz CT molecular complexity index is 393. The summed E-state index contributed by atoms with van der Waals surface area (Å²) in [6.07, 6.45) is 4.85. The maximum Gasteiger partial charge on any atom is 0.149 e. The molecule has 0 aliphatic rings. The van der Waals surface area contributed by atoms with Crippen LogP contribution in [0, 0.1) is 0 Å². The van der Waals surface area contributed by atoms with Crippen molar-refractivity contribution in [3.8, 4) is 10.7 Å². The van der Waals surface area contributed by atoms with E-state index in [2.05, 4.69) is 27.2 Å². The monoisotopic (exact) mass is 222 g/mol. The molecule has 0 unspecified atom stereocenters. The summed E-state index contributed by atoms with van der Waals surface area (Å²) in [6.45, 7) is 4.04. The minimum atomic E-state index is 0.847. The lowest BCUT2D eigenvalue weighted by molar-refractivity contribution is 0.667. The van der Waals surface area contributed by atoms with Crippen LogP contribution in [0.15, 0.2) is 17.9 Å². The molecule has 0 saturated carbocycles. The maximum absolute atomic E-state index is 4.31. The Morgan fingerprint density at radius 2 is 2.40 bits per heavy atom. The highest BCUT2D eigenvalue weighted by atomic mass is 32.1. The van der Waals surface area contributed by atoms with E-state index in [0.717, 1.165) is 35.9 Å². The summed E-state index contributed by atoms with van der Waals surface area (Å²) in [7, 11) is 0. The van der Waals surface area contributed by atoms with Crippen LogP contribution in [0.5, 0.6) is 0 Å². The van der Waals surface area contributed by atoms with Gasteiger partial charge in [0.2, 0.25) is 0 Å². The summed E-state index contributed by atoms with van der Waals surface area (Å²) < 4.78 is 0. The predicted molar refractivity (Wildman–Crippen MR) is 61.7 cm³/mol. The summed E-state index contributed by atoms with van der Waals surface area (Å²) in [5, 5.41) is 3.33. The summed E-state index contributed by atoms with van der Waals surface area (Å²) in [4.78, 5) is 12.7. The number of thiazole rings is 1. The average Bonchev–Trinajstić information content (AvgIpc) is 2.87. The molecule has 0 radical (unpaired) electrons. The molecular weight excluding hydrogens is 208 g/mol. The molecular formula is C10H14N4S. The molecule has 0 atom stereocenters. The van der Waals surface area contributed by atoms with Crippen molar-refractivity contribution in [2.75, 3.05) is 6.54 Å². The summed E-state index contributed by atoms with van der Waals surface area (Å²) in [5.41, 5.74) is 2.93. The van der Waals surface area contributed by atoms with Crippen molar-refractivity contribution in [3.05, 3.63) is 23.6 Å². The van der Waals surface area contributed by atoms with Crippen molar-refractivity contribution < 1.29 is 0 Å². The predicted octanol–water partition coefficient (Wildman–Crippen LogP) is 2.03. The highest BCUT2D eigenvalue weighted by Crippen LogP contribution is 2.19. The van der Waals surface area contributed by atoms with Crippen LogP contribution in [0.4, 0.5) is 0 Å². The zero-order valence-electron chi connectivity index (χ0n) is 8.66. The van der Waals surface area contributed by atoms with Crippen LogP contribution >= 0.6 is 11.3 Å². The Morgan fingerprint density at radius 1 is 1.47 bits per heavy atom. The smallest absolute Gasteiger partial charge is 0.149 e. The van der Waals surface area contributed by atoms with E-state index in [1.54, 1.807) is 11.3 Å². The fourth-order valence-corrected chi connectivity index (χ4v) is 1.88. The van der Waals surface area contributed by atoms with Gasteiger partial charge in [-0.25, -0.2) is 4.98 Å².